The van der Waals surface area contributed by atoms with Crippen molar-refractivity contribution < 1.29 is 9.47 Å². The molecule has 0 aromatic carbocycles. The maximum atomic E-state index is 6.02. The number of hydrogen-bond donors (Lipinski definition) is 0. The van der Waals surface area contributed by atoms with Gasteiger partial charge in [-0.25, -0.2) is 0 Å². The monoisotopic (exact) mass is 248 g/mol. The van der Waals surface area contributed by atoms with Crippen molar-refractivity contribution in [3.8, 4) is 0 Å². The first kappa shape index (κ1) is 9.94. The van der Waals surface area contributed by atoms with Crippen molar-refractivity contribution in [1.82, 2.24) is 0 Å². The van der Waals surface area contributed by atoms with Gasteiger partial charge in [0.15, 0.2) is 0 Å². The third-order valence-electron chi connectivity index (χ3n) is 2.97. The summed E-state index contributed by atoms with van der Waals surface area (Å²) in [4.78, 5) is 0. The summed E-state index contributed by atoms with van der Waals surface area (Å²) in [7, 11) is 0. The summed E-state index contributed by atoms with van der Waals surface area (Å²) < 4.78 is 11.4. The predicted molar refractivity (Wildman–Crippen MR) is 55.3 cm³/mol. The highest BCUT2D eigenvalue weighted by Crippen LogP contribution is 2.34. The van der Waals surface area contributed by atoms with Crippen molar-refractivity contribution in [1.29, 1.82) is 0 Å². The van der Waals surface area contributed by atoms with Gasteiger partial charge >= 0.3 is 0 Å². The van der Waals surface area contributed by atoms with E-state index in [-0.39, 0.29) is 5.60 Å². The van der Waals surface area contributed by atoms with E-state index >= 15 is 0 Å². The van der Waals surface area contributed by atoms with Gasteiger partial charge in [0.1, 0.15) is 0 Å². The molecule has 1 heterocycles. The average molecular weight is 249 g/mol. The Hall–Kier alpha value is 0.400. The fourth-order valence-corrected chi connectivity index (χ4v) is 2.36. The minimum atomic E-state index is 0.0842. The molecule has 2 fully saturated rings. The standard InChI is InChI=1S/C10H17BrO2/c11-8-10(3-5-12-6-4-10)13-7-9-1-2-9/h9H,1-8H2. The van der Waals surface area contributed by atoms with E-state index in [4.69, 9.17) is 9.47 Å². The van der Waals surface area contributed by atoms with Crippen LogP contribution < -0.4 is 0 Å². The van der Waals surface area contributed by atoms with Crippen LogP contribution >= 0.6 is 15.9 Å². The van der Waals surface area contributed by atoms with Gasteiger partial charge in [-0.15, -0.1) is 0 Å². The molecule has 0 bridgehead atoms. The Kier molecular flexibility index (Phi) is 3.27. The largest absolute Gasteiger partial charge is 0.381 e. The highest BCUT2D eigenvalue weighted by atomic mass is 79.9. The van der Waals surface area contributed by atoms with E-state index in [0.29, 0.717) is 0 Å². The van der Waals surface area contributed by atoms with Gasteiger partial charge in [-0.1, -0.05) is 15.9 Å². The number of alkyl halides is 1. The second-order valence-corrected chi connectivity index (χ2v) is 4.74. The molecule has 0 N–H and O–H groups in total. The van der Waals surface area contributed by atoms with Crippen molar-refractivity contribution in [3.63, 3.8) is 0 Å². The van der Waals surface area contributed by atoms with Crippen LogP contribution in [0.25, 0.3) is 0 Å². The zero-order valence-electron chi connectivity index (χ0n) is 7.93. The van der Waals surface area contributed by atoms with E-state index < -0.39 is 0 Å². The van der Waals surface area contributed by atoms with Crippen molar-refractivity contribution in [2.45, 2.75) is 31.3 Å². The van der Waals surface area contributed by atoms with Gasteiger partial charge in [0.05, 0.1) is 12.2 Å². The summed E-state index contributed by atoms with van der Waals surface area (Å²) in [6.45, 7) is 2.68. The lowest BCUT2D eigenvalue weighted by molar-refractivity contribution is -0.0982. The molecule has 0 atom stereocenters. The number of ether oxygens (including phenoxy) is 2. The fourth-order valence-electron chi connectivity index (χ4n) is 1.64. The lowest BCUT2D eigenvalue weighted by atomic mass is 9.97. The van der Waals surface area contributed by atoms with E-state index in [2.05, 4.69) is 15.9 Å². The summed E-state index contributed by atoms with van der Waals surface area (Å²) in [5.74, 6) is 0.860. The fraction of sp³-hybridized carbons (Fsp3) is 1.00. The summed E-state index contributed by atoms with van der Waals surface area (Å²) in [6.07, 6.45) is 4.83. The Morgan fingerprint density at radius 1 is 1.31 bits per heavy atom. The molecular formula is C10H17BrO2. The number of halogens is 1. The molecule has 0 radical (unpaired) electrons. The lowest BCUT2D eigenvalue weighted by Gasteiger charge is -2.35. The summed E-state index contributed by atoms with van der Waals surface area (Å²) in [5, 5.41) is 0.954. The lowest BCUT2D eigenvalue weighted by Crippen LogP contribution is -2.41. The van der Waals surface area contributed by atoms with Gasteiger partial charge in [0, 0.05) is 31.4 Å². The van der Waals surface area contributed by atoms with Crippen molar-refractivity contribution >= 4 is 15.9 Å². The van der Waals surface area contributed by atoms with Crippen LogP contribution in [0.15, 0.2) is 0 Å². The molecule has 2 aliphatic rings. The highest BCUT2D eigenvalue weighted by Gasteiger charge is 2.34. The maximum Gasteiger partial charge on any atom is 0.0822 e. The molecule has 0 unspecified atom stereocenters. The molecule has 0 spiro atoms. The number of hydrogen-bond acceptors (Lipinski definition) is 2. The van der Waals surface area contributed by atoms with Crippen LogP contribution in [-0.2, 0) is 9.47 Å². The summed E-state index contributed by atoms with van der Waals surface area (Å²) >= 11 is 3.56. The third-order valence-corrected chi connectivity index (χ3v) is 3.99. The van der Waals surface area contributed by atoms with Crippen LogP contribution in [0.1, 0.15) is 25.7 Å². The van der Waals surface area contributed by atoms with Gasteiger partial charge in [0.2, 0.25) is 0 Å². The molecule has 0 aromatic rings. The molecule has 13 heavy (non-hydrogen) atoms. The van der Waals surface area contributed by atoms with E-state index in [9.17, 15) is 0 Å². The normalized spacial score (nSPS) is 27.5. The molecule has 2 rings (SSSR count). The van der Waals surface area contributed by atoms with Crippen LogP contribution in [0.3, 0.4) is 0 Å². The van der Waals surface area contributed by atoms with E-state index in [1.54, 1.807) is 0 Å². The molecule has 0 amide bonds. The third kappa shape index (κ3) is 2.67. The van der Waals surface area contributed by atoms with E-state index in [1.807, 2.05) is 0 Å². The molecule has 1 saturated heterocycles. The highest BCUT2D eigenvalue weighted by molar-refractivity contribution is 9.09. The first-order valence-electron chi connectivity index (χ1n) is 5.12. The van der Waals surface area contributed by atoms with E-state index in [0.717, 1.165) is 43.9 Å². The topological polar surface area (TPSA) is 18.5 Å². The molecule has 3 heteroatoms. The first-order chi connectivity index (χ1) is 6.35. The average Bonchev–Trinajstić information content (AvgIpc) is 3.00. The summed E-state index contributed by atoms with van der Waals surface area (Å²) in [6, 6.07) is 0. The van der Waals surface area contributed by atoms with E-state index in [1.165, 1.54) is 12.8 Å². The molecule has 0 aromatic heterocycles. The smallest absolute Gasteiger partial charge is 0.0822 e. The Bertz CT molecular complexity index is 162. The summed E-state index contributed by atoms with van der Waals surface area (Å²) in [5.41, 5.74) is 0.0842. The van der Waals surface area contributed by atoms with Crippen molar-refractivity contribution in [3.05, 3.63) is 0 Å². The Morgan fingerprint density at radius 2 is 2.00 bits per heavy atom. The van der Waals surface area contributed by atoms with Gasteiger partial charge in [-0.3, -0.25) is 0 Å². The quantitative estimate of drug-likeness (QED) is 0.712. The molecule has 1 saturated carbocycles. The Balaban J connectivity index is 1.80. The zero-order chi connectivity index (χ0) is 9.15. The van der Waals surface area contributed by atoms with Crippen LogP contribution in [-0.4, -0.2) is 30.8 Å². The number of rotatable bonds is 4. The second-order valence-electron chi connectivity index (χ2n) is 4.18. The Morgan fingerprint density at radius 3 is 2.54 bits per heavy atom. The maximum absolute atomic E-state index is 6.02. The molecule has 1 aliphatic heterocycles. The zero-order valence-corrected chi connectivity index (χ0v) is 9.51. The molecule has 2 nitrogen and oxygen atoms in total. The SMILES string of the molecule is BrCC1(OCC2CC2)CCOCC1. The van der Waals surface area contributed by atoms with Crippen molar-refractivity contribution in [2.24, 2.45) is 5.92 Å². The van der Waals surface area contributed by atoms with Gasteiger partial charge in [-0.2, -0.15) is 0 Å². The van der Waals surface area contributed by atoms with Crippen molar-refractivity contribution in [2.75, 3.05) is 25.2 Å². The van der Waals surface area contributed by atoms with Crippen LogP contribution in [0.2, 0.25) is 0 Å². The van der Waals surface area contributed by atoms with Gasteiger partial charge in [0.25, 0.3) is 0 Å². The minimum absolute atomic E-state index is 0.0842. The van der Waals surface area contributed by atoms with Crippen LogP contribution in [0.5, 0.6) is 0 Å². The van der Waals surface area contributed by atoms with Crippen LogP contribution in [0.4, 0.5) is 0 Å². The molecule has 76 valence electrons. The minimum Gasteiger partial charge on any atom is -0.381 e. The predicted octanol–water partition coefficient (Wildman–Crippen LogP) is 2.36. The van der Waals surface area contributed by atoms with Crippen LogP contribution in [0, 0.1) is 5.92 Å². The molecule has 1 aliphatic carbocycles. The second kappa shape index (κ2) is 4.28. The van der Waals surface area contributed by atoms with Gasteiger partial charge in [-0.05, 0) is 18.8 Å². The molecular weight excluding hydrogens is 232 g/mol. The Labute approximate surface area is 88.1 Å². The van der Waals surface area contributed by atoms with Gasteiger partial charge < -0.3 is 9.47 Å². The first-order valence-corrected chi connectivity index (χ1v) is 6.24.